The molecule has 0 aliphatic carbocycles. The fourth-order valence-electron chi connectivity index (χ4n) is 6.61. The van der Waals surface area contributed by atoms with E-state index >= 15 is 0 Å². The number of carbonyl (C=O) groups excluding carboxylic acids is 3. The number of likely N-dealkylation sites (tertiary alicyclic amines) is 1. The summed E-state index contributed by atoms with van der Waals surface area (Å²) in [4.78, 5) is 48.1. The number of hydrogen-bond acceptors (Lipinski definition) is 6. The first-order chi connectivity index (χ1) is 18.6. The van der Waals surface area contributed by atoms with Crippen LogP contribution in [0.25, 0.3) is 0 Å². The number of carbonyl (C=O) groups is 3. The van der Waals surface area contributed by atoms with E-state index in [4.69, 9.17) is 4.74 Å². The monoisotopic (exact) mass is 553 g/mol. The summed E-state index contributed by atoms with van der Waals surface area (Å²) in [6.07, 6.45) is 8.56. The first-order valence-corrected chi connectivity index (χ1v) is 14.8. The molecule has 1 unspecified atom stereocenters. The van der Waals surface area contributed by atoms with Gasteiger partial charge in [0.1, 0.15) is 11.8 Å². The molecule has 4 aliphatic heterocycles. The minimum absolute atomic E-state index is 0.118. The number of hydrogen-bond donors (Lipinski definition) is 1. The van der Waals surface area contributed by atoms with Gasteiger partial charge < -0.3 is 24.5 Å². The molecule has 0 radical (unpaired) electrons. The predicted molar refractivity (Wildman–Crippen MR) is 153 cm³/mol. The molecule has 1 spiro atoms. The maximum Gasteiger partial charge on any atom is 0.247 e. The summed E-state index contributed by atoms with van der Waals surface area (Å²) >= 11 is 1.56. The van der Waals surface area contributed by atoms with Crippen molar-refractivity contribution in [2.45, 2.75) is 68.7 Å². The quantitative estimate of drug-likeness (QED) is 0.544. The van der Waals surface area contributed by atoms with Gasteiger partial charge in [-0.1, -0.05) is 31.2 Å². The Hall–Kier alpha value is -2.78. The second kappa shape index (κ2) is 10.3. The highest BCUT2D eigenvalue weighted by Crippen LogP contribution is 2.61. The van der Waals surface area contributed by atoms with E-state index in [1.54, 1.807) is 21.6 Å². The average molecular weight is 554 g/mol. The first-order valence-electron chi connectivity index (χ1n) is 13.9. The van der Waals surface area contributed by atoms with Crippen molar-refractivity contribution < 1.29 is 24.2 Å². The van der Waals surface area contributed by atoms with E-state index in [9.17, 15) is 19.5 Å². The number of benzene rings is 1. The maximum absolute atomic E-state index is 14.4. The van der Waals surface area contributed by atoms with E-state index in [1.807, 2.05) is 88.1 Å². The zero-order chi connectivity index (χ0) is 28.1. The van der Waals surface area contributed by atoms with Crippen LogP contribution in [0, 0.1) is 11.8 Å². The summed E-state index contributed by atoms with van der Waals surface area (Å²) in [5.41, 5.74) is 0.292. The summed E-state index contributed by atoms with van der Waals surface area (Å²) in [6.45, 7) is 11.0. The van der Waals surface area contributed by atoms with Crippen molar-refractivity contribution in [3.63, 3.8) is 0 Å². The average Bonchev–Trinajstić information content (AvgIpc) is 3.20. The molecule has 5 rings (SSSR count). The van der Waals surface area contributed by atoms with Gasteiger partial charge in [-0.15, -0.1) is 11.8 Å². The normalized spacial score (nSPS) is 31.1. The van der Waals surface area contributed by atoms with Gasteiger partial charge in [0.25, 0.3) is 0 Å². The van der Waals surface area contributed by atoms with Crippen LogP contribution in [-0.2, 0) is 14.4 Å². The van der Waals surface area contributed by atoms with Gasteiger partial charge in [-0.05, 0) is 58.4 Å². The second-order valence-electron chi connectivity index (χ2n) is 11.7. The lowest BCUT2D eigenvalue weighted by Gasteiger charge is -2.42. The Kier molecular flexibility index (Phi) is 7.35. The fourth-order valence-corrected chi connectivity index (χ4v) is 8.60. The van der Waals surface area contributed by atoms with Gasteiger partial charge in [-0.2, -0.15) is 0 Å². The van der Waals surface area contributed by atoms with Crippen molar-refractivity contribution in [2.24, 2.45) is 11.8 Å². The Bertz CT molecular complexity index is 1190. The zero-order valence-corrected chi connectivity index (χ0v) is 24.2. The Labute approximate surface area is 235 Å². The topological polar surface area (TPSA) is 90.4 Å². The molecule has 4 aliphatic rings. The van der Waals surface area contributed by atoms with Crippen molar-refractivity contribution in [3.05, 3.63) is 48.6 Å². The molecule has 1 aromatic carbocycles. The van der Waals surface area contributed by atoms with Crippen LogP contribution in [0.2, 0.25) is 0 Å². The molecular weight excluding hydrogens is 514 g/mol. The van der Waals surface area contributed by atoms with E-state index in [0.29, 0.717) is 26.1 Å². The smallest absolute Gasteiger partial charge is 0.247 e. The molecule has 0 aromatic heterocycles. The van der Waals surface area contributed by atoms with Crippen LogP contribution in [0.5, 0.6) is 5.75 Å². The highest BCUT2D eigenvalue weighted by molar-refractivity contribution is 8.02. The van der Waals surface area contributed by atoms with Crippen LogP contribution in [0.4, 0.5) is 5.69 Å². The maximum atomic E-state index is 14.4. The van der Waals surface area contributed by atoms with Crippen molar-refractivity contribution in [1.82, 2.24) is 9.80 Å². The second-order valence-corrected chi connectivity index (χ2v) is 13.1. The van der Waals surface area contributed by atoms with Gasteiger partial charge >= 0.3 is 0 Å². The number of fused-ring (bicyclic) bond motifs is 2. The molecule has 9 heteroatoms. The summed E-state index contributed by atoms with van der Waals surface area (Å²) in [5.74, 6) is -1.07. The highest BCUT2D eigenvalue weighted by atomic mass is 32.2. The predicted octanol–water partition coefficient (Wildman–Crippen LogP) is 3.25. The summed E-state index contributed by atoms with van der Waals surface area (Å²) in [6, 6.07) is 6.15. The fraction of sp³-hybridized carbons (Fsp3) is 0.567. The van der Waals surface area contributed by atoms with Gasteiger partial charge in [-0.25, -0.2) is 0 Å². The molecule has 1 N–H and O–H groups in total. The van der Waals surface area contributed by atoms with E-state index in [-0.39, 0.29) is 29.6 Å². The van der Waals surface area contributed by atoms with Gasteiger partial charge in [0, 0.05) is 29.6 Å². The SMILES string of the molecule is CCOc1ccc(N2CC=C[C@@H]3S[C@]45C=CCN(C(C)(C)C)C(=O)C4N([C@@H](CC)CO)C(=O)[C@@H]5[C@@H]3C2=O)cc1. The Morgan fingerprint density at radius 3 is 2.38 bits per heavy atom. The van der Waals surface area contributed by atoms with Gasteiger partial charge in [0.15, 0.2) is 0 Å². The molecule has 6 atom stereocenters. The Balaban J connectivity index is 1.59. The lowest BCUT2D eigenvalue weighted by Crippen LogP contribution is -2.59. The standard InChI is InChI=1S/C30H39N3O5S/c1-6-19(18-34)33-25-28(37)32(29(3,4)5)17-9-15-30(25)24(27(33)36)23-22(39-30)10-8-16-31(26(23)35)20-11-13-21(14-12-20)38-7-2/h8-15,19,22-25,34H,6-7,16-18H2,1-5H3/t19-,22-,23+,24-,25?,30-/m0/s1. The van der Waals surface area contributed by atoms with E-state index in [2.05, 4.69) is 0 Å². The van der Waals surface area contributed by atoms with Crippen LogP contribution >= 0.6 is 11.8 Å². The minimum atomic E-state index is -0.895. The van der Waals surface area contributed by atoms with Crippen LogP contribution in [-0.4, -0.2) is 86.6 Å². The third kappa shape index (κ3) is 4.38. The molecule has 0 saturated carbocycles. The largest absolute Gasteiger partial charge is 0.494 e. The Morgan fingerprint density at radius 1 is 1.05 bits per heavy atom. The molecule has 2 saturated heterocycles. The molecule has 210 valence electrons. The molecule has 4 heterocycles. The number of aliphatic hydroxyl groups is 1. The molecule has 8 nitrogen and oxygen atoms in total. The number of rotatable bonds is 6. The molecular formula is C30H39N3O5S. The van der Waals surface area contributed by atoms with Crippen molar-refractivity contribution in [3.8, 4) is 5.75 Å². The number of nitrogens with zero attached hydrogens (tertiary/aromatic N) is 3. The van der Waals surface area contributed by atoms with E-state index in [0.717, 1.165) is 11.4 Å². The van der Waals surface area contributed by atoms with Crippen LogP contribution < -0.4 is 9.64 Å². The summed E-state index contributed by atoms with van der Waals surface area (Å²) < 4.78 is 4.68. The third-order valence-corrected chi connectivity index (χ3v) is 10.2. The van der Waals surface area contributed by atoms with Crippen molar-refractivity contribution in [1.29, 1.82) is 0 Å². The van der Waals surface area contributed by atoms with E-state index in [1.165, 1.54) is 0 Å². The lowest BCUT2D eigenvalue weighted by molar-refractivity contribution is -0.148. The van der Waals surface area contributed by atoms with Crippen molar-refractivity contribution in [2.75, 3.05) is 31.2 Å². The minimum Gasteiger partial charge on any atom is -0.494 e. The van der Waals surface area contributed by atoms with Gasteiger partial charge in [0.2, 0.25) is 17.7 Å². The van der Waals surface area contributed by atoms with Crippen LogP contribution in [0.3, 0.4) is 0 Å². The molecule has 39 heavy (non-hydrogen) atoms. The van der Waals surface area contributed by atoms with Crippen LogP contribution in [0.1, 0.15) is 41.0 Å². The Morgan fingerprint density at radius 2 is 1.77 bits per heavy atom. The molecule has 1 aromatic rings. The number of amides is 3. The third-order valence-electron chi connectivity index (χ3n) is 8.44. The van der Waals surface area contributed by atoms with Crippen LogP contribution in [0.15, 0.2) is 48.6 Å². The van der Waals surface area contributed by atoms with Gasteiger partial charge in [-0.3, -0.25) is 14.4 Å². The van der Waals surface area contributed by atoms with Gasteiger partial charge in [0.05, 0.1) is 35.8 Å². The highest BCUT2D eigenvalue weighted by Gasteiger charge is 2.72. The first kappa shape index (κ1) is 27.8. The molecule has 3 amide bonds. The van der Waals surface area contributed by atoms with E-state index < -0.39 is 34.2 Å². The lowest BCUT2D eigenvalue weighted by atomic mass is 9.78. The number of thioether (sulfide) groups is 1. The number of anilines is 1. The summed E-state index contributed by atoms with van der Waals surface area (Å²) in [5, 5.41) is 10.0. The summed E-state index contributed by atoms with van der Waals surface area (Å²) in [7, 11) is 0. The zero-order valence-electron chi connectivity index (χ0n) is 23.4. The van der Waals surface area contributed by atoms with Crippen molar-refractivity contribution >= 4 is 35.2 Å². The number of aliphatic hydroxyl groups excluding tert-OH is 1. The molecule has 2 fully saturated rings. The number of ether oxygens (including phenoxy) is 1. The molecule has 0 bridgehead atoms.